The molecule has 1 aromatic rings. The molecule has 0 aliphatic rings. The van der Waals surface area contributed by atoms with E-state index in [1.54, 1.807) is 11.8 Å². The van der Waals surface area contributed by atoms with Gasteiger partial charge in [0.15, 0.2) is 5.78 Å². The monoisotopic (exact) mass is 266 g/mol. The lowest BCUT2D eigenvalue weighted by Gasteiger charge is -2.10. The Bertz CT molecular complexity index is 369. The van der Waals surface area contributed by atoms with E-state index < -0.39 is 0 Å². The first-order chi connectivity index (χ1) is 8.49. The number of carbonyl (C=O) groups excluding carboxylic acids is 1. The Kier molecular flexibility index (Phi) is 6.27. The molecule has 0 bridgehead atoms. The van der Waals surface area contributed by atoms with E-state index >= 15 is 0 Å². The predicted molar refractivity (Wildman–Crippen MR) is 78.7 cm³/mol. The molecule has 0 N–H and O–H groups in total. The van der Waals surface area contributed by atoms with Gasteiger partial charge in [-0.25, -0.2) is 0 Å². The molecular weight excluding hydrogens is 244 g/mol. The molecule has 0 unspecified atom stereocenters. The second kappa shape index (κ2) is 7.47. The number of rotatable bonds is 7. The average molecular weight is 266 g/mol. The minimum absolute atomic E-state index is 0.160. The largest absolute Gasteiger partial charge is 0.491 e. The van der Waals surface area contributed by atoms with Gasteiger partial charge in [0.2, 0.25) is 0 Å². The number of hydrogen-bond acceptors (Lipinski definition) is 3. The highest BCUT2D eigenvalue weighted by atomic mass is 32.2. The molecule has 0 aliphatic carbocycles. The van der Waals surface area contributed by atoms with E-state index in [1.807, 2.05) is 38.1 Å². The zero-order chi connectivity index (χ0) is 13.5. The molecule has 0 saturated carbocycles. The van der Waals surface area contributed by atoms with Crippen LogP contribution in [0.15, 0.2) is 24.3 Å². The maximum Gasteiger partial charge on any atom is 0.172 e. The summed E-state index contributed by atoms with van der Waals surface area (Å²) in [5.74, 6) is 3.22. The number of thioether (sulfide) groups is 1. The van der Waals surface area contributed by atoms with E-state index in [4.69, 9.17) is 4.74 Å². The fourth-order valence-electron chi connectivity index (χ4n) is 1.46. The standard InChI is InChI=1S/C15H22O2S/c1-11(2)9-18-10-15(16)13-5-7-14(8-6-13)17-12(3)4/h5-8,11-12H,9-10H2,1-4H3. The Morgan fingerprint density at radius 2 is 1.78 bits per heavy atom. The van der Waals surface area contributed by atoms with E-state index in [1.165, 1.54) is 0 Å². The van der Waals surface area contributed by atoms with Gasteiger partial charge in [-0.05, 0) is 49.8 Å². The molecule has 0 aliphatic heterocycles. The first-order valence-electron chi connectivity index (χ1n) is 6.36. The van der Waals surface area contributed by atoms with Gasteiger partial charge < -0.3 is 4.74 Å². The van der Waals surface area contributed by atoms with Crippen LogP contribution in [0.5, 0.6) is 5.75 Å². The smallest absolute Gasteiger partial charge is 0.172 e. The minimum Gasteiger partial charge on any atom is -0.491 e. The molecule has 0 amide bonds. The zero-order valence-corrected chi connectivity index (χ0v) is 12.4. The van der Waals surface area contributed by atoms with Gasteiger partial charge in [0, 0.05) is 5.56 Å². The molecule has 0 spiro atoms. The molecule has 18 heavy (non-hydrogen) atoms. The quantitative estimate of drug-likeness (QED) is 0.697. The summed E-state index contributed by atoms with van der Waals surface area (Å²) < 4.78 is 5.55. The van der Waals surface area contributed by atoms with Crippen LogP contribution in [-0.2, 0) is 0 Å². The first kappa shape index (κ1) is 15.1. The summed E-state index contributed by atoms with van der Waals surface area (Å²) in [7, 11) is 0. The number of benzene rings is 1. The van der Waals surface area contributed by atoms with Crippen LogP contribution >= 0.6 is 11.8 Å². The van der Waals surface area contributed by atoms with Crippen LogP contribution in [0, 0.1) is 5.92 Å². The van der Waals surface area contributed by atoms with Gasteiger partial charge in [0.25, 0.3) is 0 Å². The number of carbonyl (C=O) groups is 1. The van der Waals surface area contributed by atoms with Crippen LogP contribution in [0.1, 0.15) is 38.1 Å². The summed E-state index contributed by atoms with van der Waals surface area (Å²) in [6.07, 6.45) is 0.160. The Hall–Kier alpha value is -0.960. The molecule has 0 heterocycles. The van der Waals surface area contributed by atoms with Crippen LogP contribution in [0.25, 0.3) is 0 Å². The molecule has 0 saturated heterocycles. The van der Waals surface area contributed by atoms with Crippen molar-refractivity contribution in [2.45, 2.75) is 33.8 Å². The fourth-order valence-corrected chi connectivity index (χ4v) is 2.40. The van der Waals surface area contributed by atoms with E-state index in [9.17, 15) is 4.79 Å². The van der Waals surface area contributed by atoms with Crippen molar-refractivity contribution >= 4 is 17.5 Å². The second-order valence-electron chi connectivity index (χ2n) is 5.02. The number of Topliss-reactive ketones (excluding diaryl/α,β-unsaturated/α-hetero) is 1. The van der Waals surface area contributed by atoms with E-state index in [2.05, 4.69) is 13.8 Å². The van der Waals surface area contributed by atoms with E-state index in [0.29, 0.717) is 11.7 Å². The van der Waals surface area contributed by atoms with Gasteiger partial charge >= 0.3 is 0 Å². The average Bonchev–Trinajstić information content (AvgIpc) is 2.28. The van der Waals surface area contributed by atoms with Crippen molar-refractivity contribution < 1.29 is 9.53 Å². The van der Waals surface area contributed by atoms with Crippen LogP contribution in [-0.4, -0.2) is 23.4 Å². The molecule has 1 rings (SSSR count). The molecule has 0 fully saturated rings. The Labute approximate surface area is 114 Å². The third kappa shape index (κ3) is 5.58. The number of hydrogen-bond donors (Lipinski definition) is 0. The molecule has 100 valence electrons. The summed E-state index contributed by atoms with van der Waals surface area (Å²) >= 11 is 1.70. The highest BCUT2D eigenvalue weighted by molar-refractivity contribution is 7.99. The molecule has 3 heteroatoms. The van der Waals surface area contributed by atoms with Gasteiger partial charge in [-0.2, -0.15) is 11.8 Å². The van der Waals surface area contributed by atoms with Crippen LogP contribution in [0.3, 0.4) is 0 Å². The molecule has 0 radical (unpaired) electrons. The van der Waals surface area contributed by atoms with Crippen molar-refractivity contribution in [3.63, 3.8) is 0 Å². The second-order valence-corrected chi connectivity index (χ2v) is 6.05. The lowest BCUT2D eigenvalue weighted by molar-refractivity contribution is 0.102. The van der Waals surface area contributed by atoms with Crippen molar-refractivity contribution in [1.82, 2.24) is 0 Å². The summed E-state index contributed by atoms with van der Waals surface area (Å²) in [6.45, 7) is 8.30. The van der Waals surface area contributed by atoms with Crippen molar-refractivity contribution in [1.29, 1.82) is 0 Å². The van der Waals surface area contributed by atoms with Crippen LogP contribution < -0.4 is 4.74 Å². The molecular formula is C15H22O2S. The fraction of sp³-hybridized carbons (Fsp3) is 0.533. The SMILES string of the molecule is CC(C)CSCC(=O)c1ccc(OC(C)C)cc1. The maximum absolute atomic E-state index is 11.9. The normalized spacial score (nSPS) is 11.0. The Morgan fingerprint density at radius 3 is 2.28 bits per heavy atom. The topological polar surface area (TPSA) is 26.3 Å². The Morgan fingerprint density at radius 1 is 1.17 bits per heavy atom. The van der Waals surface area contributed by atoms with Crippen molar-refractivity contribution in [2.24, 2.45) is 5.92 Å². The third-order valence-electron chi connectivity index (χ3n) is 2.23. The van der Waals surface area contributed by atoms with Gasteiger partial charge in [0.05, 0.1) is 11.9 Å². The zero-order valence-electron chi connectivity index (χ0n) is 11.6. The predicted octanol–water partition coefficient (Wildman–Crippen LogP) is 4.05. The van der Waals surface area contributed by atoms with Gasteiger partial charge in [0.1, 0.15) is 5.75 Å². The van der Waals surface area contributed by atoms with Gasteiger partial charge in [-0.3, -0.25) is 4.79 Å². The molecule has 0 aromatic heterocycles. The summed E-state index contributed by atoms with van der Waals surface area (Å²) in [5.41, 5.74) is 0.766. The summed E-state index contributed by atoms with van der Waals surface area (Å²) in [6, 6.07) is 7.41. The van der Waals surface area contributed by atoms with E-state index in [0.717, 1.165) is 17.1 Å². The highest BCUT2D eigenvalue weighted by Gasteiger charge is 2.07. The van der Waals surface area contributed by atoms with Gasteiger partial charge in [-0.1, -0.05) is 13.8 Å². The lowest BCUT2D eigenvalue weighted by atomic mass is 10.1. The highest BCUT2D eigenvalue weighted by Crippen LogP contribution is 2.16. The molecule has 0 atom stereocenters. The number of ketones is 1. The molecule has 1 aromatic carbocycles. The minimum atomic E-state index is 0.160. The first-order valence-corrected chi connectivity index (χ1v) is 7.52. The lowest BCUT2D eigenvalue weighted by Crippen LogP contribution is -2.07. The van der Waals surface area contributed by atoms with Crippen LogP contribution in [0.4, 0.5) is 0 Å². The third-order valence-corrected chi connectivity index (χ3v) is 3.60. The summed E-state index contributed by atoms with van der Waals surface area (Å²) in [5, 5.41) is 0. The number of ether oxygens (including phenoxy) is 1. The van der Waals surface area contributed by atoms with Gasteiger partial charge in [-0.15, -0.1) is 0 Å². The van der Waals surface area contributed by atoms with Crippen LogP contribution in [0.2, 0.25) is 0 Å². The molecule has 2 nitrogen and oxygen atoms in total. The maximum atomic E-state index is 11.9. The summed E-state index contributed by atoms with van der Waals surface area (Å²) in [4.78, 5) is 11.9. The van der Waals surface area contributed by atoms with Crippen molar-refractivity contribution in [3.8, 4) is 5.75 Å². The van der Waals surface area contributed by atoms with Crippen molar-refractivity contribution in [2.75, 3.05) is 11.5 Å². The Balaban J connectivity index is 2.48. The van der Waals surface area contributed by atoms with E-state index in [-0.39, 0.29) is 11.9 Å². The van der Waals surface area contributed by atoms with Crippen molar-refractivity contribution in [3.05, 3.63) is 29.8 Å².